The maximum absolute atomic E-state index is 6.06. The van der Waals surface area contributed by atoms with Gasteiger partial charge in [-0.1, -0.05) is 25.0 Å². The van der Waals surface area contributed by atoms with E-state index >= 15 is 0 Å². The molecule has 90 valence electrons. The zero-order valence-corrected chi connectivity index (χ0v) is 11.4. The summed E-state index contributed by atoms with van der Waals surface area (Å²) in [5, 5.41) is 1.33. The van der Waals surface area contributed by atoms with Crippen molar-refractivity contribution in [3.8, 4) is 0 Å². The van der Waals surface area contributed by atoms with Crippen LogP contribution in [0.3, 0.4) is 0 Å². The first-order valence-electron chi connectivity index (χ1n) is 6.23. The lowest BCUT2D eigenvalue weighted by molar-refractivity contribution is 0.457. The predicted octanol–water partition coefficient (Wildman–Crippen LogP) is 3.70. The second kappa shape index (κ2) is 4.14. The molecule has 2 nitrogen and oxygen atoms in total. The van der Waals surface area contributed by atoms with Crippen LogP contribution in [-0.4, -0.2) is 11.5 Å². The molecule has 0 atom stereocenters. The maximum atomic E-state index is 6.06. The summed E-state index contributed by atoms with van der Waals surface area (Å²) in [7, 11) is 0. The Bertz CT molecular complexity index is 538. The van der Waals surface area contributed by atoms with Gasteiger partial charge in [-0.3, -0.25) is 0 Å². The van der Waals surface area contributed by atoms with Gasteiger partial charge in [0.2, 0.25) is 0 Å². The van der Waals surface area contributed by atoms with Crippen LogP contribution in [0.2, 0.25) is 0 Å². The Labute approximate surface area is 110 Å². The first-order chi connectivity index (χ1) is 8.27. The second-order valence-corrected chi connectivity index (χ2v) is 5.91. The van der Waals surface area contributed by atoms with Crippen molar-refractivity contribution in [1.29, 1.82) is 0 Å². The fraction of sp³-hybridized carbons (Fsp3) is 0.429. The molecule has 1 saturated carbocycles. The highest BCUT2D eigenvalue weighted by Gasteiger charge is 2.36. The molecule has 0 bridgehead atoms. The Morgan fingerprint density at radius 2 is 2.06 bits per heavy atom. The molecule has 0 amide bonds. The van der Waals surface area contributed by atoms with Gasteiger partial charge in [-0.25, -0.2) is 0 Å². The average Bonchev–Trinajstić information content (AvgIpc) is 2.96. The highest BCUT2D eigenvalue weighted by Crippen LogP contribution is 2.43. The molecule has 0 radical (unpaired) electrons. The van der Waals surface area contributed by atoms with E-state index in [0.717, 1.165) is 11.0 Å². The number of nitrogens with one attached hydrogen (secondary N) is 1. The Morgan fingerprint density at radius 3 is 2.76 bits per heavy atom. The summed E-state index contributed by atoms with van der Waals surface area (Å²) in [6.45, 7) is 0.756. The summed E-state index contributed by atoms with van der Waals surface area (Å²) in [5.74, 6) is 0. The van der Waals surface area contributed by atoms with Crippen LogP contribution in [0.5, 0.6) is 0 Å². The molecule has 1 fully saturated rings. The smallest absolute Gasteiger partial charge is 0.0601 e. The molecule has 3 rings (SSSR count). The predicted molar refractivity (Wildman–Crippen MR) is 75.2 cm³/mol. The Balaban J connectivity index is 2.20. The van der Waals surface area contributed by atoms with Crippen molar-refractivity contribution in [3.63, 3.8) is 0 Å². The minimum atomic E-state index is 0.207. The summed E-state index contributed by atoms with van der Waals surface area (Å²) in [6.07, 6.45) is 7.22. The standard InChI is InChI=1S/C14H17BrN2/c15-12-5-3-4-10-11(8-17-13(10)12)14(9-16)6-1-2-7-14/h3-5,8,17H,1-2,6-7,9,16H2. The van der Waals surface area contributed by atoms with Crippen LogP contribution in [0.25, 0.3) is 10.9 Å². The second-order valence-electron chi connectivity index (χ2n) is 5.06. The Kier molecular flexibility index (Phi) is 2.75. The summed E-state index contributed by atoms with van der Waals surface area (Å²) >= 11 is 3.60. The highest BCUT2D eigenvalue weighted by atomic mass is 79.9. The third-order valence-corrected chi connectivity index (χ3v) is 4.85. The fourth-order valence-electron chi connectivity index (χ4n) is 3.19. The quantitative estimate of drug-likeness (QED) is 0.871. The lowest BCUT2D eigenvalue weighted by atomic mass is 9.79. The van der Waals surface area contributed by atoms with Crippen molar-refractivity contribution < 1.29 is 0 Å². The zero-order valence-electron chi connectivity index (χ0n) is 9.80. The molecule has 0 aliphatic heterocycles. The molecule has 1 aromatic heterocycles. The van der Waals surface area contributed by atoms with Gasteiger partial charge in [0.15, 0.2) is 0 Å². The van der Waals surface area contributed by atoms with Crippen molar-refractivity contribution in [2.75, 3.05) is 6.54 Å². The molecule has 0 spiro atoms. The molecule has 0 saturated heterocycles. The number of aromatic amines is 1. The first-order valence-corrected chi connectivity index (χ1v) is 7.02. The van der Waals surface area contributed by atoms with E-state index in [9.17, 15) is 0 Å². The van der Waals surface area contributed by atoms with Crippen molar-refractivity contribution in [2.24, 2.45) is 5.73 Å². The van der Waals surface area contributed by atoms with E-state index in [4.69, 9.17) is 5.73 Å². The number of fused-ring (bicyclic) bond motifs is 1. The van der Waals surface area contributed by atoms with Gasteiger partial charge < -0.3 is 10.7 Å². The van der Waals surface area contributed by atoms with Crippen LogP contribution in [-0.2, 0) is 5.41 Å². The Hall–Kier alpha value is -0.800. The normalized spacial score (nSPS) is 18.9. The minimum Gasteiger partial charge on any atom is -0.360 e. The van der Waals surface area contributed by atoms with Crippen LogP contribution in [0.4, 0.5) is 0 Å². The summed E-state index contributed by atoms with van der Waals surface area (Å²) in [5.41, 5.74) is 8.88. The van der Waals surface area contributed by atoms with E-state index < -0.39 is 0 Å². The maximum Gasteiger partial charge on any atom is 0.0601 e. The van der Waals surface area contributed by atoms with Crippen molar-refractivity contribution >= 4 is 26.8 Å². The van der Waals surface area contributed by atoms with Gasteiger partial charge in [0, 0.05) is 28.0 Å². The van der Waals surface area contributed by atoms with Crippen LogP contribution in [0, 0.1) is 0 Å². The Morgan fingerprint density at radius 1 is 1.29 bits per heavy atom. The first kappa shape index (κ1) is 11.3. The SMILES string of the molecule is NCC1(c2c[nH]c3c(Br)cccc23)CCCC1. The number of benzene rings is 1. The number of H-pyrrole nitrogens is 1. The third kappa shape index (κ3) is 1.64. The van der Waals surface area contributed by atoms with E-state index in [1.54, 1.807) is 0 Å². The fourth-order valence-corrected chi connectivity index (χ4v) is 3.67. The monoisotopic (exact) mass is 292 g/mol. The van der Waals surface area contributed by atoms with Crippen molar-refractivity contribution in [3.05, 3.63) is 34.4 Å². The van der Waals surface area contributed by atoms with E-state index in [0.29, 0.717) is 0 Å². The van der Waals surface area contributed by atoms with Crippen LogP contribution < -0.4 is 5.73 Å². The number of hydrogen-bond acceptors (Lipinski definition) is 1. The van der Waals surface area contributed by atoms with Crippen molar-refractivity contribution in [2.45, 2.75) is 31.1 Å². The summed E-state index contributed by atoms with van der Waals surface area (Å²) < 4.78 is 1.13. The van der Waals surface area contributed by atoms with Gasteiger partial charge in [0.05, 0.1) is 5.52 Å². The molecular weight excluding hydrogens is 276 g/mol. The largest absolute Gasteiger partial charge is 0.360 e. The van der Waals surface area contributed by atoms with E-state index in [1.807, 2.05) is 0 Å². The van der Waals surface area contributed by atoms with E-state index in [1.165, 1.54) is 42.1 Å². The lowest BCUT2D eigenvalue weighted by Gasteiger charge is -2.27. The van der Waals surface area contributed by atoms with Crippen molar-refractivity contribution in [1.82, 2.24) is 4.98 Å². The molecule has 1 aliphatic rings. The molecule has 0 unspecified atom stereocenters. The lowest BCUT2D eigenvalue weighted by Crippen LogP contribution is -2.31. The number of halogens is 1. The van der Waals surface area contributed by atoms with Crippen LogP contribution >= 0.6 is 15.9 Å². The van der Waals surface area contributed by atoms with Gasteiger partial charge in [-0.15, -0.1) is 0 Å². The number of aromatic nitrogens is 1. The van der Waals surface area contributed by atoms with E-state index in [-0.39, 0.29) is 5.41 Å². The number of rotatable bonds is 2. The molecule has 17 heavy (non-hydrogen) atoms. The van der Waals surface area contributed by atoms with Gasteiger partial charge in [0.1, 0.15) is 0 Å². The van der Waals surface area contributed by atoms with E-state index in [2.05, 4.69) is 45.3 Å². The molecule has 1 heterocycles. The molecule has 1 aliphatic carbocycles. The molecule has 1 aromatic carbocycles. The van der Waals surface area contributed by atoms with Gasteiger partial charge in [-0.2, -0.15) is 0 Å². The highest BCUT2D eigenvalue weighted by molar-refractivity contribution is 9.10. The molecule has 2 aromatic rings. The minimum absolute atomic E-state index is 0.207. The average molecular weight is 293 g/mol. The molecule has 3 heteroatoms. The van der Waals surface area contributed by atoms with Gasteiger partial charge in [0.25, 0.3) is 0 Å². The number of hydrogen-bond donors (Lipinski definition) is 2. The number of nitrogens with two attached hydrogens (primary N) is 1. The zero-order chi connectivity index (χ0) is 11.9. The van der Waals surface area contributed by atoms with Crippen LogP contribution in [0.1, 0.15) is 31.2 Å². The van der Waals surface area contributed by atoms with Gasteiger partial charge in [-0.05, 0) is 40.4 Å². The van der Waals surface area contributed by atoms with Gasteiger partial charge >= 0.3 is 0 Å². The molecule has 3 N–H and O–H groups in total. The third-order valence-electron chi connectivity index (χ3n) is 4.19. The topological polar surface area (TPSA) is 41.8 Å². The van der Waals surface area contributed by atoms with Crippen LogP contribution in [0.15, 0.2) is 28.9 Å². The summed E-state index contributed by atoms with van der Waals surface area (Å²) in [6, 6.07) is 6.37. The molecular formula is C14H17BrN2. The summed E-state index contributed by atoms with van der Waals surface area (Å²) in [4.78, 5) is 3.39. The number of para-hydroxylation sites is 1.